The minimum absolute atomic E-state index is 0.261. The van der Waals surface area contributed by atoms with E-state index in [1.165, 1.54) is 11.1 Å². The number of hydrogen-bond acceptors (Lipinski definition) is 1. The summed E-state index contributed by atoms with van der Waals surface area (Å²) in [6.07, 6.45) is 7.84. The molecule has 0 saturated carbocycles. The molecule has 0 saturated heterocycles. The number of ether oxygens (including phenoxy) is 1. The predicted molar refractivity (Wildman–Crippen MR) is 71.0 cm³/mol. The summed E-state index contributed by atoms with van der Waals surface area (Å²) in [5.41, 5.74) is 2.82. The van der Waals surface area contributed by atoms with Crippen molar-refractivity contribution in [1.82, 2.24) is 0 Å². The Kier molecular flexibility index (Phi) is 4.61. The second-order valence-electron chi connectivity index (χ2n) is 3.99. The van der Waals surface area contributed by atoms with Crippen LogP contribution in [0.2, 0.25) is 0 Å². The number of allylic oxidation sites excluding steroid dienone is 1. The van der Waals surface area contributed by atoms with E-state index in [1.807, 2.05) is 0 Å². The number of fused-ring (bicyclic) bond motifs is 1. The minimum Gasteiger partial charge on any atom is -0.373 e. The average molecular weight is 281 g/mol. The van der Waals surface area contributed by atoms with Crippen molar-refractivity contribution in [2.24, 2.45) is 0 Å². The average Bonchev–Trinajstić information content (AvgIpc) is 2.35. The van der Waals surface area contributed by atoms with Crippen LogP contribution >= 0.6 is 15.9 Å². The zero-order chi connectivity index (χ0) is 11.2. The van der Waals surface area contributed by atoms with E-state index in [1.54, 1.807) is 0 Å². The topological polar surface area (TPSA) is 9.23 Å². The number of benzene rings is 1. The lowest BCUT2D eigenvalue weighted by atomic mass is 9.96. The van der Waals surface area contributed by atoms with E-state index < -0.39 is 0 Å². The summed E-state index contributed by atoms with van der Waals surface area (Å²) in [6.45, 7) is 0.855. The summed E-state index contributed by atoms with van der Waals surface area (Å²) in [5.74, 6) is 0. The molecule has 2 rings (SSSR count). The third-order valence-electron chi connectivity index (χ3n) is 2.89. The number of halogens is 1. The number of rotatable bonds is 4. The van der Waals surface area contributed by atoms with Gasteiger partial charge in [0, 0.05) is 5.33 Å². The molecule has 0 fully saturated rings. The fraction of sp³-hybridized carbons (Fsp3) is 0.429. The molecule has 1 aliphatic heterocycles. The van der Waals surface area contributed by atoms with Crippen LogP contribution in [-0.2, 0) is 11.2 Å². The zero-order valence-corrected chi connectivity index (χ0v) is 10.9. The molecule has 86 valence electrons. The second kappa shape index (κ2) is 6.21. The fourth-order valence-electron chi connectivity index (χ4n) is 2.07. The summed E-state index contributed by atoms with van der Waals surface area (Å²) in [6, 6.07) is 8.62. The lowest BCUT2D eigenvalue weighted by Gasteiger charge is -2.25. The van der Waals surface area contributed by atoms with E-state index in [4.69, 9.17) is 4.74 Å². The smallest absolute Gasteiger partial charge is 0.0862 e. The number of alkyl halides is 1. The Labute approximate surface area is 106 Å². The van der Waals surface area contributed by atoms with E-state index in [-0.39, 0.29) is 6.10 Å². The Balaban J connectivity index is 2.01. The quantitative estimate of drug-likeness (QED) is 0.598. The molecule has 1 aromatic carbocycles. The third-order valence-corrected chi connectivity index (χ3v) is 3.34. The summed E-state index contributed by atoms with van der Waals surface area (Å²) in [4.78, 5) is 0. The Morgan fingerprint density at radius 1 is 1.31 bits per heavy atom. The third kappa shape index (κ3) is 2.96. The van der Waals surface area contributed by atoms with E-state index in [0.29, 0.717) is 0 Å². The van der Waals surface area contributed by atoms with Crippen LogP contribution in [0.15, 0.2) is 36.4 Å². The first-order chi connectivity index (χ1) is 7.92. The molecule has 1 nitrogen and oxygen atoms in total. The summed E-state index contributed by atoms with van der Waals surface area (Å²) in [5, 5.41) is 1.03. The first-order valence-corrected chi connectivity index (χ1v) is 6.94. The van der Waals surface area contributed by atoms with Gasteiger partial charge in [0.25, 0.3) is 0 Å². The lowest BCUT2D eigenvalue weighted by molar-refractivity contribution is 0.0445. The van der Waals surface area contributed by atoms with E-state index in [0.717, 1.165) is 31.2 Å². The van der Waals surface area contributed by atoms with E-state index >= 15 is 0 Å². The van der Waals surface area contributed by atoms with E-state index in [2.05, 4.69) is 52.3 Å². The molecule has 1 unspecified atom stereocenters. The van der Waals surface area contributed by atoms with Crippen LogP contribution < -0.4 is 0 Å². The Morgan fingerprint density at radius 3 is 3.06 bits per heavy atom. The van der Waals surface area contributed by atoms with Gasteiger partial charge in [-0.2, -0.15) is 0 Å². The molecule has 0 amide bonds. The molecular formula is C14H17BrO. The van der Waals surface area contributed by atoms with Crippen molar-refractivity contribution in [3.05, 3.63) is 47.5 Å². The van der Waals surface area contributed by atoms with Crippen LogP contribution in [0.5, 0.6) is 0 Å². The molecule has 2 heteroatoms. The molecule has 0 aliphatic carbocycles. The second-order valence-corrected chi connectivity index (χ2v) is 4.79. The molecular weight excluding hydrogens is 264 g/mol. The SMILES string of the molecule is BrCCC=CCC1OCCc2ccccc21. The van der Waals surface area contributed by atoms with Gasteiger partial charge in [-0.1, -0.05) is 52.3 Å². The van der Waals surface area contributed by atoms with E-state index in [9.17, 15) is 0 Å². The summed E-state index contributed by atoms with van der Waals surface area (Å²) in [7, 11) is 0. The standard InChI is InChI=1S/C14H17BrO/c15-10-5-1-2-8-14-13-7-4-3-6-12(13)9-11-16-14/h1-4,6-7,14H,5,8-11H2. The van der Waals surface area contributed by atoms with Gasteiger partial charge >= 0.3 is 0 Å². The maximum Gasteiger partial charge on any atom is 0.0862 e. The normalized spacial score (nSPS) is 19.9. The predicted octanol–water partition coefficient (Wildman–Crippen LogP) is 4.03. The van der Waals surface area contributed by atoms with Crippen LogP contribution in [0.4, 0.5) is 0 Å². The van der Waals surface area contributed by atoms with Gasteiger partial charge in [0.2, 0.25) is 0 Å². The van der Waals surface area contributed by atoms with Gasteiger partial charge in [0.05, 0.1) is 12.7 Å². The largest absolute Gasteiger partial charge is 0.373 e. The molecule has 1 atom stereocenters. The summed E-state index contributed by atoms with van der Waals surface area (Å²) >= 11 is 3.42. The Morgan fingerprint density at radius 2 is 2.19 bits per heavy atom. The summed E-state index contributed by atoms with van der Waals surface area (Å²) < 4.78 is 5.82. The zero-order valence-electron chi connectivity index (χ0n) is 9.36. The van der Waals surface area contributed by atoms with Gasteiger partial charge in [-0.25, -0.2) is 0 Å². The molecule has 1 aromatic rings. The molecule has 1 heterocycles. The molecule has 16 heavy (non-hydrogen) atoms. The van der Waals surface area contributed by atoms with Crippen molar-refractivity contribution >= 4 is 15.9 Å². The van der Waals surface area contributed by atoms with Gasteiger partial charge in [0.1, 0.15) is 0 Å². The van der Waals surface area contributed by atoms with Crippen molar-refractivity contribution in [1.29, 1.82) is 0 Å². The van der Waals surface area contributed by atoms with Crippen molar-refractivity contribution in [3.63, 3.8) is 0 Å². The highest BCUT2D eigenvalue weighted by Gasteiger charge is 2.18. The minimum atomic E-state index is 0.261. The maximum absolute atomic E-state index is 5.82. The van der Waals surface area contributed by atoms with Crippen molar-refractivity contribution in [3.8, 4) is 0 Å². The highest BCUT2D eigenvalue weighted by atomic mass is 79.9. The van der Waals surface area contributed by atoms with Crippen LogP contribution in [0.3, 0.4) is 0 Å². The first kappa shape index (κ1) is 11.9. The van der Waals surface area contributed by atoms with Gasteiger partial charge in [-0.15, -0.1) is 0 Å². The van der Waals surface area contributed by atoms with Gasteiger partial charge in [-0.3, -0.25) is 0 Å². The van der Waals surface area contributed by atoms with Crippen molar-refractivity contribution in [2.75, 3.05) is 11.9 Å². The molecule has 0 radical (unpaired) electrons. The molecule has 0 aromatic heterocycles. The number of hydrogen-bond donors (Lipinski definition) is 0. The molecule has 1 aliphatic rings. The van der Waals surface area contributed by atoms with Crippen molar-refractivity contribution in [2.45, 2.75) is 25.4 Å². The van der Waals surface area contributed by atoms with Gasteiger partial charge in [-0.05, 0) is 30.4 Å². The van der Waals surface area contributed by atoms with Gasteiger partial charge in [0.15, 0.2) is 0 Å². The first-order valence-electron chi connectivity index (χ1n) is 5.82. The van der Waals surface area contributed by atoms with Crippen LogP contribution in [0, 0.1) is 0 Å². The molecule has 0 spiro atoms. The fourth-order valence-corrected chi connectivity index (χ4v) is 2.34. The highest BCUT2D eigenvalue weighted by molar-refractivity contribution is 9.09. The maximum atomic E-state index is 5.82. The Bertz CT molecular complexity index is 360. The van der Waals surface area contributed by atoms with Gasteiger partial charge < -0.3 is 4.74 Å². The monoisotopic (exact) mass is 280 g/mol. The molecule has 0 bridgehead atoms. The van der Waals surface area contributed by atoms with Crippen LogP contribution in [-0.4, -0.2) is 11.9 Å². The van der Waals surface area contributed by atoms with Crippen LogP contribution in [0.1, 0.15) is 30.1 Å². The van der Waals surface area contributed by atoms with Crippen molar-refractivity contribution < 1.29 is 4.74 Å². The lowest BCUT2D eigenvalue weighted by Crippen LogP contribution is -2.15. The highest BCUT2D eigenvalue weighted by Crippen LogP contribution is 2.29. The molecule has 0 N–H and O–H groups in total. The van der Waals surface area contributed by atoms with Crippen LogP contribution in [0.25, 0.3) is 0 Å². The Hall–Kier alpha value is -0.600.